The molecule has 0 aromatic heterocycles. The molecule has 0 saturated carbocycles. The van der Waals surface area contributed by atoms with Crippen molar-refractivity contribution in [1.82, 2.24) is 0 Å². The van der Waals surface area contributed by atoms with E-state index in [1.54, 1.807) is 0 Å². The molecule has 0 atom stereocenters. The molecule has 2 aliphatic carbocycles. The number of allylic oxidation sites excluding steroid dienone is 8. The van der Waals surface area contributed by atoms with Gasteiger partial charge in [-0.1, -0.05) is 0 Å². The van der Waals surface area contributed by atoms with E-state index in [0.29, 0.717) is 7.44 Å². The van der Waals surface area contributed by atoms with E-state index < -0.39 is 16.6 Å². The summed E-state index contributed by atoms with van der Waals surface area (Å²) in [5, 5.41) is 5.34. The predicted octanol–water partition coefficient (Wildman–Crippen LogP) is 7.19. The van der Waals surface area contributed by atoms with Gasteiger partial charge in [0.25, 0.3) is 0 Å². The number of hydrogen-bond donors (Lipinski definition) is 0. The Morgan fingerprint density at radius 2 is 1.00 bits per heavy atom. The summed E-state index contributed by atoms with van der Waals surface area (Å²) in [4.78, 5) is 0. The van der Waals surface area contributed by atoms with Crippen LogP contribution >= 0.6 is 0 Å². The summed E-state index contributed by atoms with van der Waals surface area (Å²) in [6.45, 7) is 4.64. The van der Waals surface area contributed by atoms with Crippen LogP contribution < -0.4 is 0 Å². The van der Waals surface area contributed by atoms with Gasteiger partial charge in [-0.3, -0.25) is 0 Å². The molecule has 1 heteroatoms. The van der Waals surface area contributed by atoms with Crippen molar-refractivity contribution in [3.8, 4) is 0 Å². The average Bonchev–Trinajstić information content (AvgIpc) is 3.14. The Morgan fingerprint density at radius 1 is 0.667 bits per heavy atom. The van der Waals surface area contributed by atoms with Gasteiger partial charge < -0.3 is 0 Å². The minimum absolute atomic E-state index is 0.392. The van der Waals surface area contributed by atoms with Crippen LogP contribution in [0.1, 0.15) is 52.4 Å². The van der Waals surface area contributed by atoms with Gasteiger partial charge in [-0.15, -0.1) is 0 Å². The molecule has 0 aromatic carbocycles. The van der Waals surface area contributed by atoms with Gasteiger partial charge in [0.2, 0.25) is 0 Å². The first kappa shape index (κ1) is 17.0. The molecule has 2 aliphatic rings. The molecular formula is C20H32Ti. The Bertz CT molecular complexity index is 396. The van der Waals surface area contributed by atoms with Gasteiger partial charge in [-0.05, 0) is 0 Å². The third-order valence-electron chi connectivity index (χ3n) is 6.01. The molecule has 0 heterocycles. The third kappa shape index (κ3) is 2.95. The summed E-state index contributed by atoms with van der Waals surface area (Å²) in [6.07, 6.45) is 27.4. The summed E-state index contributed by atoms with van der Waals surface area (Å²) in [5.74, 6) is 0. The number of hydrogen-bond acceptors (Lipinski definition) is 0. The second kappa shape index (κ2) is 6.84. The van der Waals surface area contributed by atoms with Gasteiger partial charge in [-0.25, -0.2) is 0 Å². The van der Waals surface area contributed by atoms with Crippen LogP contribution in [-0.2, 0) is 16.6 Å². The van der Waals surface area contributed by atoms with Crippen LogP contribution in [0.3, 0.4) is 0 Å². The van der Waals surface area contributed by atoms with Crippen LogP contribution in [0.2, 0.25) is 17.9 Å². The second-order valence-electron chi connectivity index (χ2n) is 7.35. The fourth-order valence-corrected chi connectivity index (χ4v) is 11.2. The Balaban J connectivity index is 2.37. The Morgan fingerprint density at radius 3 is 1.29 bits per heavy atom. The Labute approximate surface area is 135 Å². The van der Waals surface area contributed by atoms with Gasteiger partial charge >= 0.3 is 135 Å². The SMILES string of the molecule is CCCC[C]1([Ti]([CH3])([CH3])[C]2(CCCC)C=CC=C2)C=CC=C1. The number of rotatable bonds is 8. The minimum atomic E-state index is -2.18. The standard InChI is InChI=1S/2C9H13.2CH3.Ti/c2*1-2-3-6-9-7-4-5-8-9;;;/h2*4-5,7-8H,2-3,6H2,1H3;2*1H3;. The van der Waals surface area contributed by atoms with E-state index in [1.807, 2.05) is 0 Å². The van der Waals surface area contributed by atoms with E-state index in [9.17, 15) is 0 Å². The fraction of sp³-hybridized carbons (Fsp3) is 0.600. The third-order valence-corrected chi connectivity index (χ3v) is 15.1. The Kier molecular flexibility index (Phi) is 5.55. The first-order valence-corrected chi connectivity index (χ1v) is 13.5. The van der Waals surface area contributed by atoms with E-state index in [4.69, 9.17) is 0 Å². The zero-order valence-corrected chi connectivity index (χ0v) is 15.9. The molecular weight excluding hydrogens is 288 g/mol. The summed E-state index contributed by atoms with van der Waals surface area (Å²) >= 11 is -2.18. The summed E-state index contributed by atoms with van der Waals surface area (Å²) in [6, 6.07) is 0. The zero-order valence-electron chi connectivity index (χ0n) is 14.4. The molecule has 0 unspecified atom stereocenters. The zero-order chi connectivity index (χ0) is 15.4. The van der Waals surface area contributed by atoms with Gasteiger partial charge in [0, 0.05) is 0 Å². The van der Waals surface area contributed by atoms with E-state index in [1.165, 1.54) is 38.5 Å². The molecule has 21 heavy (non-hydrogen) atoms. The normalized spacial score (nSPS) is 21.5. The van der Waals surface area contributed by atoms with Crippen LogP contribution in [-0.4, -0.2) is 0 Å². The van der Waals surface area contributed by atoms with Gasteiger partial charge in [0.1, 0.15) is 0 Å². The first-order valence-electron chi connectivity index (χ1n) is 8.78. The van der Waals surface area contributed by atoms with E-state index in [0.717, 1.165) is 0 Å². The van der Waals surface area contributed by atoms with Crippen LogP contribution in [0.25, 0.3) is 0 Å². The monoisotopic (exact) mass is 320 g/mol. The van der Waals surface area contributed by atoms with Crippen LogP contribution in [0.15, 0.2) is 48.6 Å². The predicted molar refractivity (Wildman–Crippen MR) is 92.7 cm³/mol. The maximum absolute atomic E-state index is 2.67. The fourth-order valence-electron chi connectivity index (χ4n) is 4.18. The molecule has 116 valence electrons. The van der Waals surface area contributed by atoms with Gasteiger partial charge in [-0.2, -0.15) is 0 Å². The Hall–Kier alpha value is -0.326. The molecule has 0 nitrogen and oxygen atoms in total. The van der Waals surface area contributed by atoms with Crippen LogP contribution in [0.5, 0.6) is 0 Å². The summed E-state index contributed by atoms with van der Waals surface area (Å²) in [5.41, 5.74) is 0. The molecule has 0 bridgehead atoms. The molecule has 0 spiro atoms. The van der Waals surface area contributed by atoms with Gasteiger partial charge in [0.15, 0.2) is 0 Å². The van der Waals surface area contributed by atoms with Crippen molar-refractivity contribution in [3.63, 3.8) is 0 Å². The first-order chi connectivity index (χ1) is 10.0. The molecule has 0 aliphatic heterocycles. The van der Waals surface area contributed by atoms with Crippen molar-refractivity contribution < 1.29 is 16.6 Å². The van der Waals surface area contributed by atoms with Crippen LogP contribution in [0.4, 0.5) is 0 Å². The van der Waals surface area contributed by atoms with Crippen molar-refractivity contribution >= 4 is 0 Å². The molecule has 2 rings (SSSR count). The molecule has 0 fully saturated rings. The van der Waals surface area contributed by atoms with Crippen LogP contribution in [0, 0.1) is 0 Å². The molecule has 0 N–H and O–H groups in total. The van der Waals surface area contributed by atoms with E-state index in [-0.39, 0.29) is 0 Å². The topological polar surface area (TPSA) is 0 Å². The summed E-state index contributed by atoms with van der Waals surface area (Å²) in [7, 11) is 0. The average molecular weight is 320 g/mol. The van der Waals surface area contributed by atoms with Crippen molar-refractivity contribution in [1.29, 1.82) is 0 Å². The molecule has 0 amide bonds. The van der Waals surface area contributed by atoms with E-state index in [2.05, 4.69) is 72.9 Å². The van der Waals surface area contributed by atoms with Gasteiger partial charge in [0.05, 0.1) is 0 Å². The second-order valence-corrected chi connectivity index (χ2v) is 15.3. The van der Waals surface area contributed by atoms with Crippen molar-refractivity contribution in [2.24, 2.45) is 0 Å². The van der Waals surface area contributed by atoms with Crippen molar-refractivity contribution in [2.45, 2.75) is 70.3 Å². The van der Waals surface area contributed by atoms with Crippen molar-refractivity contribution in [3.05, 3.63) is 48.6 Å². The van der Waals surface area contributed by atoms with Crippen molar-refractivity contribution in [2.75, 3.05) is 0 Å². The number of unbranched alkanes of at least 4 members (excludes halogenated alkanes) is 2. The maximum atomic E-state index is 2.67. The quantitative estimate of drug-likeness (QED) is 0.415. The summed E-state index contributed by atoms with van der Waals surface area (Å²) < 4.78 is 0.783. The molecule has 0 aromatic rings. The molecule has 0 saturated heterocycles. The van der Waals surface area contributed by atoms with E-state index >= 15 is 0 Å². The molecule has 0 radical (unpaired) electrons.